The molecule has 27 heavy (non-hydrogen) atoms. The first-order valence-electron chi connectivity index (χ1n) is 9.29. The van der Waals surface area contributed by atoms with Gasteiger partial charge in [0.15, 0.2) is 0 Å². The molecule has 142 valence electrons. The number of amides is 3. The molecule has 1 atom stereocenters. The third-order valence-electron chi connectivity index (χ3n) is 5.14. The van der Waals surface area contributed by atoms with Gasteiger partial charge in [-0.25, -0.2) is 4.79 Å². The Morgan fingerprint density at radius 1 is 1.00 bits per heavy atom. The molecule has 1 saturated heterocycles. The fourth-order valence-corrected chi connectivity index (χ4v) is 3.31. The van der Waals surface area contributed by atoms with E-state index in [1.165, 1.54) is 16.0 Å². The standard InChI is InChI=1S/C22H26N2O3/c1-15-7-8-18(13-16(15)2)14-24-21(25)20(23-22(24)26)6-4-5-17-9-11-19(27-3)12-10-17/h7-13,20H,4-6,14H2,1-3H3,(H,23,26). The van der Waals surface area contributed by atoms with E-state index in [2.05, 4.69) is 5.32 Å². The van der Waals surface area contributed by atoms with Gasteiger partial charge in [-0.05, 0) is 67.5 Å². The molecular formula is C22H26N2O3. The number of carbonyl (C=O) groups is 2. The van der Waals surface area contributed by atoms with Crippen molar-refractivity contribution in [3.05, 3.63) is 64.7 Å². The highest BCUT2D eigenvalue weighted by molar-refractivity contribution is 6.04. The van der Waals surface area contributed by atoms with Gasteiger partial charge >= 0.3 is 6.03 Å². The molecule has 1 unspecified atom stereocenters. The quantitative estimate of drug-likeness (QED) is 0.759. The summed E-state index contributed by atoms with van der Waals surface area (Å²) in [6, 6.07) is 13.2. The zero-order chi connectivity index (χ0) is 19.4. The fourth-order valence-electron chi connectivity index (χ4n) is 3.31. The summed E-state index contributed by atoms with van der Waals surface area (Å²) in [5, 5.41) is 2.82. The van der Waals surface area contributed by atoms with Gasteiger partial charge in [0.1, 0.15) is 11.8 Å². The van der Waals surface area contributed by atoms with E-state index in [0.29, 0.717) is 13.0 Å². The van der Waals surface area contributed by atoms with E-state index < -0.39 is 6.04 Å². The Bertz CT molecular complexity index is 830. The second kappa shape index (κ2) is 8.25. The summed E-state index contributed by atoms with van der Waals surface area (Å²) in [4.78, 5) is 26.2. The number of nitrogens with zero attached hydrogens (tertiary/aromatic N) is 1. The largest absolute Gasteiger partial charge is 0.497 e. The maximum atomic E-state index is 12.6. The van der Waals surface area contributed by atoms with Crippen LogP contribution in [0, 0.1) is 13.8 Å². The van der Waals surface area contributed by atoms with Gasteiger partial charge in [-0.1, -0.05) is 30.3 Å². The summed E-state index contributed by atoms with van der Waals surface area (Å²) in [5.41, 5.74) is 4.53. The molecule has 1 aliphatic rings. The average Bonchev–Trinajstić information content (AvgIpc) is 2.93. The van der Waals surface area contributed by atoms with Crippen LogP contribution in [0.4, 0.5) is 4.79 Å². The summed E-state index contributed by atoms with van der Waals surface area (Å²) in [6.07, 6.45) is 2.33. The monoisotopic (exact) mass is 366 g/mol. The number of hydrogen-bond acceptors (Lipinski definition) is 3. The van der Waals surface area contributed by atoms with Crippen molar-refractivity contribution in [1.29, 1.82) is 0 Å². The van der Waals surface area contributed by atoms with Crippen molar-refractivity contribution in [2.45, 2.75) is 45.7 Å². The molecule has 5 heteroatoms. The van der Waals surface area contributed by atoms with Crippen LogP contribution in [0.2, 0.25) is 0 Å². The van der Waals surface area contributed by atoms with Crippen molar-refractivity contribution >= 4 is 11.9 Å². The van der Waals surface area contributed by atoms with Crippen molar-refractivity contribution in [3.8, 4) is 5.75 Å². The second-order valence-corrected chi connectivity index (χ2v) is 7.09. The fraction of sp³-hybridized carbons (Fsp3) is 0.364. The molecule has 1 fully saturated rings. The van der Waals surface area contributed by atoms with Crippen molar-refractivity contribution < 1.29 is 14.3 Å². The highest BCUT2D eigenvalue weighted by atomic mass is 16.5. The molecule has 1 N–H and O–H groups in total. The number of hydrogen-bond donors (Lipinski definition) is 1. The summed E-state index contributed by atoms with van der Waals surface area (Å²) in [7, 11) is 1.65. The third-order valence-corrected chi connectivity index (χ3v) is 5.14. The minimum absolute atomic E-state index is 0.132. The lowest BCUT2D eigenvalue weighted by Crippen LogP contribution is -2.31. The smallest absolute Gasteiger partial charge is 0.325 e. The minimum Gasteiger partial charge on any atom is -0.497 e. The first kappa shape index (κ1) is 19.0. The van der Waals surface area contributed by atoms with Crippen LogP contribution in [0.5, 0.6) is 5.75 Å². The zero-order valence-electron chi connectivity index (χ0n) is 16.1. The van der Waals surface area contributed by atoms with E-state index in [1.54, 1.807) is 7.11 Å². The Morgan fingerprint density at radius 3 is 2.37 bits per heavy atom. The van der Waals surface area contributed by atoms with Crippen LogP contribution in [0.1, 0.15) is 35.1 Å². The molecule has 0 bridgehead atoms. The number of aryl methyl sites for hydroxylation is 3. The number of benzene rings is 2. The summed E-state index contributed by atoms with van der Waals surface area (Å²) >= 11 is 0. The van der Waals surface area contributed by atoms with Gasteiger partial charge in [0.2, 0.25) is 0 Å². The topological polar surface area (TPSA) is 58.6 Å². The Kier molecular flexibility index (Phi) is 5.79. The van der Waals surface area contributed by atoms with Crippen LogP contribution < -0.4 is 10.1 Å². The number of nitrogens with one attached hydrogen (secondary N) is 1. The van der Waals surface area contributed by atoms with Crippen molar-refractivity contribution in [2.24, 2.45) is 0 Å². The summed E-state index contributed by atoms with van der Waals surface area (Å²) in [5.74, 6) is 0.701. The van der Waals surface area contributed by atoms with E-state index in [-0.39, 0.29) is 11.9 Å². The molecule has 0 radical (unpaired) electrons. The van der Waals surface area contributed by atoms with Crippen LogP contribution in [-0.4, -0.2) is 30.0 Å². The maximum Gasteiger partial charge on any atom is 0.325 e. The highest BCUT2D eigenvalue weighted by Gasteiger charge is 2.37. The number of urea groups is 1. The van der Waals surface area contributed by atoms with E-state index in [1.807, 2.05) is 56.3 Å². The van der Waals surface area contributed by atoms with Crippen molar-refractivity contribution in [1.82, 2.24) is 10.2 Å². The summed E-state index contributed by atoms with van der Waals surface area (Å²) in [6.45, 7) is 4.40. The number of methoxy groups -OCH3 is 1. The summed E-state index contributed by atoms with van der Waals surface area (Å²) < 4.78 is 5.16. The Labute approximate surface area is 160 Å². The van der Waals surface area contributed by atoms with Crippen LogP contribution in [-0.2, 0) is 17.8 Å². The van der Waals surface area contributed by atoms with Crippen molar-refractivity contribution in [3.63, 3.8) is 0 Å². The normalized spacial score (nSPS) is 16.6. The lowest BCUT2D eigenvalue weighted by atomic mass is 10.0. The predicted molar refractivity (Wildman–Crippen MR) is 105 cm³/mol. The van der Waals surface area contributed by atoms with E-state index in [0.717, 1.165) is 29.7 Å². The first-order chi connectivity index (χ1) is 13.0. The zero-order valence-corrected chi connectivity index (χ0v) is 16.1. The molecule has 2 aromatic carbocycles. The minimum atomic E-state index is -0.428. The number of imide groups is 1. The third kappa shape index (κ3) is 4.48. The molecule has 0 saturated carbocycles. The predicted octanol–water partition coefficient (Wildman–Crippen LogP) is 3.76. The molecule has 0 aromatic heterocycles. The molecule has 0 spiro atoms. The van der Waals surface area contributed by atoms with E-state index in [9.17, 15) is 9.59 Å². The average molecular weight is 366 g/mol. The van der Waals surface area contributed by atoms with Crippen LogP contribution in [0.25, 0.3) is 0 Å². The van der Waals surface area contributed by atoms with Gasteiger partial charge in [-0.15, -0.1) is 0 Å². The van der Waals surface area contributed by atoms with Gasteiger partial charge < -0.3 is 10.1 Å². The lowest BCUT2D eigenvalue weighted by molar-refractivity contribution is -0.128. The molecule has 3 rings (SSSR count). The van der Waals surface area contributed by atoms with Crippen LogP contribution in [0.3, 0.4) is 0 Å². The number of ether oxygens (including phenoxy) is 1. The van der Waals surface area contributed by atoms with Gasteiger partial charge in [0.25, 0.3) is 5.91 Å². The lowest BCUT2D eigenvalue weighted by Gasteiger charge is -2.14. The molecule has 0 aliphatic carbocycles. The van der Waals surface area contributed by atoms with Crippen LogP contribution >= 0.6 is 0 Å². The Balaban J connectivity index is 1.54. The van der Waals surface area contributed by atoms with E-state index >= 15 is 0 Å². The molecular weight excluding hydrogens is 340 g/mol. The number of rotatable bonds is 7. The molecule has 5 nitrogen and oxygen atoms in total. The van der Waals surface area contributed by atoms with Gasteiger partial charge in [-0.2, -0.15) is 0 Å². The van der Waals surface area contributed by atoms with Crippen LogP contribution in [0.15, 0.2) is 42.5 Å². The van der Waals surface area contributed by atoms with E-state index in [4.69, 9.17) is 4.74 Å². The molecule has 2 aromatic rings. The van der Waals surface area contributed by atoms with Crippen molar-refractivity contribution in [2.75, 3.05) is 7.11 Å². The Hall–Kier alpha value is -2.82. The molecule has 3 amide bonds. The second-order valence-electron chi connectivity index (χ2n) is 7.09. The number of carbonyl (C=O) groups excluding carboxylic acids is 2. The molecule has 1 aliphatic heterocycles. The first-order valence-corrected chi connectivity index (χ1v) is 9.29. The van der Waals surface area contributed by atoms with Gasteiger partial charge in [0, 0.05) is 0 Å². The van der Waals surface area contributed by atoms with Gasteiger partial charge in [0.05, 0.1) is 13.7 Å². The maximum absolute atomic E-state index is 12.6. The SMILES string of the molecule is COc1ccc(CCCC2NC(=O)N(Cc3ccc(C)c(C)c3)C2=O)cc1. The highest BCUT2D eigenvalue weighted by Crippen LogP contribution is 2.19. The van der Waals surface area contributed by atoms with Gasteiger partial charge in [-0.3, -0.25) is 9.69 Å². The molecule has 1 heterocycles. The Morgan fingerprint density at radius 2 is 1.70 bits per heavy atom.